The number of pyridine rings is 1. The van der Waals surface area contributed by atoms with Gasteiger partial charge in [-0.05, 0) is 75.7 Å². The average molecular weight is 992 g/mol. The molecule has 8 heteroatoms. The Morgan fingerprint density at radius 2 is 1.44 bits per heavy atom. The van der Waals surface area contributed by atoms with Crippen LogP contribution in [0.5, 0.6) is 11.5 Å². The molecule has 5 heterocycles. The molecule has 0 radical (unpaired) electrons. The second-order valence-electron chi connectivity index (χ2n) is 15.8. The van der Waals surface area contributed by atoms with Crippen molar-refractivity contribution in [1.29, 1.82) is 0 Å². The molecule has 0 unspecified atom stereocenters. The standard InChI is InChI=1S/C54H41BN5O.Pt/c1-54(2,3)40-29-31-56-51(33-40)60-47-24-11-10-23-44(47)45-28-27-43(35-50(45)60)61-42-22-16-21-41(34-42)57-37-58(49-26-13-12-25-48(49)57)53-46(38-17-6-4-7-18-38)36-55-30-14-15-32-59(55)52(53)39-19-8-5-9-20-39;/h4-33,36-37H,1-3H3;/q-3;/i4D,5D,6D,7D,8D,9D,17D,18D,19D,20D;. The molecule has 62 heavy (non-hydrogen) atoms. The van der Waals surface area contributed by atoms with Crippen LogP contribution in [-0.2, 0) is 26.5 Å². The van der Waals surface area contributed by atoms with Gasteiger partial charge in [-0.3, -0.25) is 0 Å². The second-order valence-corrected chi connectivity index (χ2v) is 15.8. The Labute approximate surface area is 391 Å². The summed E-state index contributed by atoms with van der Waals surface area (Å²) >= 11 is 0. The SMILES string of the molecule is [2H]c1c([2H])c([2H])c(C2=CB3C=CC=CN3C(c3c([2H])c([2H])c([2H])c([2H])c3[2H])=C2N2[CH-]N(c3[c-]c(Oc4[c-]c5c(cc4)c4ccccc4n5-c4cc(C(C)(C)C)ccn4)ccc3)c3ccccc32)c([2H])c1[2H].[Pt]. The van der Waals surface area contributed by atoms with E-state index < -0.39 is 67.3 Å². The first-order valence-electron chi connectivity index (χ1n) is 24.9. The fourth-order valence-electron chi connectivity index (χ4n) is 8.23. The Morgan fingerprint density at radius 1 is 0.710 bits per heavy atom. The number of anilines is 3. The van der Waals surface area contributed by atoms with Crippen molar-refractivity contribution in [1.82, 2.24) is 14.4 Å². The van der Waals surface area contributed by atoms with E-state index in [0.717, 1.165) is 33.2 Å². The van der Waals surface area contributed by atoms with Gasteiger partial charge in [-0.25, -0.2) is 4.98 Å². The number of nitrogens with zero attached hydrogens (tertiary/aromatic N) is 5. The third kappa shape index (κ3) is 6.87. The Kier molecular flexibility index (Phi) is 7.55. The van der Waals surface area contributed by atoms with Crippen molar-refractivity contribution >= 4 is 57.0 Å². The summed E-state index contributed by atoms with van der Waals surface area (Å²) in [6.07, 6.45) is 7.12. The van der Waals surface area contributed by atoms with Gasteiger partial charge in [0.15, 0.2) is 0 Å². The van der Waals surface area contributed by atoms with Crippen LogP contribution in [0.2, 0.25) is 0 Å². The van der Waals surface area contributed by atoms with Crippen LogP contribution in [0.1, 0.15) is 51.2 Å². The van der Waals surface area contributed by atoms with E-state index in [4.69, 9.17) is 17.9 Å². The molecule has 0 saturated carbocycles. The molecule has 0 aliphatic carbocycles. The molecule has 6 aromatic carbocycles. The number of hydrogen-bond donors (Lipinski definition) is 0. The normalized spacial score (nSPS) is 16.9. The zero-order valence-electron chi connectivity index (χ0n) is 43.7. The van der Waals surface area contributed by atoms with Gasteiger partial charge in [-0.2, -0.15) is 12.1 Å². The van der Waals surface area contributed by atoms with Crippen LogP contribution in [0.4, 0.5) is 17.1 Å². The molecule has 0 spiro atoms. The summed E-state index contributed by atoms with van der Waals surface area (Å²) in [6.45, 7) is 7.62. The number of para-hydroxylation sites is 3. The van der Waals surface area contributed by atoms with Crippen LogP contribution in [0.25, 0.3) is 38.9 Å². The van der Waals surface area contributed by atoms with Gasteiger partial charge in [0.2, 0.25) is 0 Å². The van der Waals surface area contributed by atoms with Crippen LogP contribution in [0.3, 0.4) is 0 Å². The number of ether oxygens (including phenoxy) is 1. The third-order valence-corrected chi connectivity index (χ3v) is 11.1. The number of benzene rings is 6. The van der Waals surface area contributed by atoms with Crippen LogP contribution in [-0.4, -0.2) is 21.2 Å². The smallest absolute Gasteiger partial charge is 0.313 e. The quantitative estimate of drug-likeness (QED) is 0.117. The van der Waals surface area contributed by atoms with E-state index in [1.807, 2.05) is 83.8 Å². The predicted octanol–water partition coefficient (Wildman–Crippen LogP) is 12.9. The van der Waals surface area contributed by atoms with Crippen molar-refractivity contribution < 1.29 is 39.5 Å². The zero-order valence-corrected chi connectivity index (χ0v) is 36.0. The molecule has 0 saturated heterocycles. The Bertz CT molecular complexity index is 3660. The van der Waals surface area contributed by atoms with Gasteiger partial charge in [0.1, 0.15) is 5.82 Å². The molecular formula is C54H41BN5OPt-3. The molecule has 3 aliphatic heterocycles. The van der Waals surface area contributed by atoms with Crippen molar-refractivity contribution in [2.24, 2.45) is 0 Å². The van der Waals surface area contributed by atoms with Crippen LogP contribution >= 0.6 is 0 Å². The maximum Gasteiger partial charge on any atom is 0.313 e. The number of hydrogen-bond acceptors (Lipinski definition) is 5. The van der Waals surface area contributed by atoms with E-state index in [2.05, 4.69) is 55.7 Å². The molecule has 0 bridgehead atoms. The molecule has 11 rings (SSSR count). The maximum absolute atomic E-state index is 9.26. The first-order valence-corrected chi connectivity index (χ1v) is 19.9. The predicted molar refractivity (Wildman–Crippen MR) is 250 cm³/mol. The number of aromatic nitrogens is 2. The van der Waals surface area contributed by atoms with Crippen molar-refractivity contribution in [2.45, 2.75) is 26.2 Å². The monoisotopic (exact) mass is 991 g/mol. The average Bonchev–Trinajstić information content (AvgIpc) is 3.92. The topological polar surface area (TPSA) is 36.8 Å². The Hall–Kier alpha value is -6.82. The maximum atomic E-state index is 9.26. The molecular weight excluding hydrogens is 941 g/mol. The summed E-state index contributed by atoms with van der Waals surface area (Å²) in [5.74, 6) is 5.17. The molecule has 2 aromatic heterocycles. The number of rotatable bonds is 7. The van der Waals surface area contributed by atoms with Crippen molar-refractivity contribution in [3.63, 3.8) is 0 Å². The number of allylic oxidation sites excluding steroid dienone is 3. The van der Waals surface area contributed by atoms with Crippen molar-refractivity contribution in [2.75, 3.05) is 9.80 Å². The fourth-order valence-corrected chi connectivity index (χ4v) is 8.23. The minimum Gasteiger partial charge on any atom is -0.509 e. The van der Waals surface area contributed by atoms with Gasteiger partial charge < -0.3 is 23.9 Å². The third-order valence-electron chi connectivity index (χ3n) is 11.1. The van der Waals surface area contributed by atoms with Crippen LogP contribution < -0.4 is 14.5 Å². The summed E-state index contributed by atoms with van der Waals surface area (Å²) in [5, 5.41) is 2.03. The second kappa shape index (κ2) is 15.9. The summed E-state index contributed by atoms with van der Waals surface area (Å²) in [7, 11) is 0. The molecule has 8 aromatic rings. The van der Waals surface area contributed by atoms with Crippen LogP contribution in [0, 0.1) is 18.8 Å². The molecule has 3 aliphatic rings. The summed E-state index contributed by atoms with van der Waals surface area (Å²) in [5.41, 5.74) is 4.91. The van der Waals surface area contributed by atoms with Crippen molar-refractivity contribution in [3.8, 4) is 17.3 Å². The minimum atomic E-state index is -0.650. The molecule has 0 atom stereocenters. The Balaban J connectivity index is 0.00000596. The van der Waals surface area contributed by atoms with E-state index in [1.165, 1.54) is 0 Å². The van der Waals surface area contributed by atoms with Gasteiger partial charge >= 0.3 is 6.85 Å². The van der Waals surface area contributed by atoms with Gasteiger partial charge in [-0.1, -0.05) is 135 Å². The van der Waals surface area contributed by atoms with Crippen LogP contribution in [0.15, 0.2) is 194 Å². The zero-order chi connectivity index (χ0) is 49.8. The minimum absolute atomic E-state index is 0. The van der Waals surface area contributed by atoms with E-state index >= 15 is 0 Å². The van der Waals surface area contributed by atoms with E-state index in [1.54, 1.807) is 46.8 Å². The first kappa shape index (κ1) is 29.4. The molecule has 0 N–H and O–H groups in total. The van der Waals surface area contributed by atoms with Gasteiger partial charge in [-0.15, -0.1) is 48.1 Å². The largest absolute Gasteiger partial charge is 0.509 e. The summed E-state index contributed by atoms with van der Waals surface area (Å²) in [4.78, 5) is 10.2. The Morgan fingerprint density at radius 3 is 2.23 bits per heavy atom. The summed E-state index contributed by atoms with van der Waals surface area (Å²) in [6, 6.07) is 30.9. The van der Waals surface area contributed by atoms with E-state index in [0.29, 0.717) is 28.6 Å². The first-order chi connectivity index (χ1) is 34.0. The number of fused-ring (bicyclic) bond motifs is 5. The van der Waals surface area contributed by atoms with Crippen molar-refractivity contribution in [3.05, 3.63) is 229 Å². The van der Waals surface area contributed by atoms with Gasteiger partial charge in [0.25, 0.3) is 0 Å². The molecule has 0 amide bonds. The molecule has 6 nitrogen and oxygen atoms in total. The molecule has 0 fully saturated rings. The van der Waals surface area contributed by atoms with Gasteiger partial charge in [0.05, 0.1) is 19.4 Å². The van der Waals surface area contributed by atoms with E-state index in [-0.39, 0.29) is 54.6 Å². The van der Waals surface area contributed by atoms with Gasteiger partial charge in [0, 0.05) is 61.3 Å². The van der Waals surface area contributed by atoms with E-state index in [9.17, 15) is 5.48 Å². The summed E-state index contributed by atoms with van der Waals surface area (Å²) < 4.78 is 97.5. The fraction of sp³-hybridized carbons (Fsp3) is 0.0741. The molecule has 304 valence electrons.